The first-order valence-electron chi connectivity index (χ1n) is 2.87. The molecule has 0 aliphatic carbocycles. The molecule has 0 saturated carbocycles. The third-order valence-electron chi connectivity index (χ3n) is 1.21. The maximum atomic E-state index is 8.98. The maximum Gasteiger partial charge on any atom is 0.323 e. The molecule has 0 amide bonds. The number of aryl methyl sites for hydroxylation is 1. The second-order valence-electron chi connectivity index (χ2n) is 2.12. The van der Waals surface area contributed by atoms with Crippen molar-refractivity contribution in [3.05, 3.63) is 12.4 Å². The first kappa shape index (κ1) is 6.36. The molecule has 1 aromatic rings. The van der Waals surface area contributed by atoms with E-state index in [1.165, 1.54) is 0 Å². The Labute approximate surface area is 54.4 Å². The summed E-state index contributed by atoms with van der Waals surface area (Å²) in [6.45, 7) is 1.32. The van der Waals surface area contributed by atoms with Crippen molar-refractivity contribution in [2.75, 3.05) is 0 Å². The van der Waals surface area contributed by atoms with Gasteiger partial charge in [0.15, 0.2) is 0 Å². The van der Waals surface area contributed by atoms with Gasteiger partial charge in [0, 0.05) is 19.4 Å². The van der Waals surface area contributed by atoms with E-state index in [1.807, 2.05) is 7.05 Å². The van der Waals surface area contributed by atoms with Crippen LogP contribution in [0.15, 0.2) is 12.4 Å². The number of nitrogens with zero attached hydrogens (tertiary/aromatic N) is 2. The van der Waals surface area contributed by atoms with E-state index in [0.717, 1.165) is 5.46 Å². The second kappa shape index (κ2) is 2.23. The van der Waals surface area contributed by atoms with E-state index in [9.17, 15) is 0 Å². The average molecular weight is 124 g/mol. The van der Waals surface area contributed by atoms with Gasteiger partial charge in [-0.05, 0) is 5.46 Å². The monoisotopic (exact) mass is 124 g/mol. The highest BCUT2D eigenvalue weighted by Crippen LogP contribution is 1.79. The van der Waals surface area contributed by atoms with Crippen LogP contribution in [0.3, 0.4) is 0 Å². The summed E-state index contributed by atoms with van der Waals surface area (Å²) in [6, 6.07) is 0. The van der Waals surface area contributed by atoms with Crippen molar-refractivity contribution < 1.29 is 5.02 Å². The Balaban J connectivity index is 2.85. The fourth-order valence-electron chi connectivity index (χ4n) is 0.656. The zero-order chi connectivity index (χ0) is 6.85. The molecule has 0 aromatic carbocycles. The minimum absolute atomic E-state index is 0.404. The van der Waals surface area contributed by atoms with Gasteiger partial charge in [-0.2, -0.15) is 5.10 Å². The van der Waals surface area contributed by atoms with Gasteiger partial charge >= 0.3 is 6.92 Å². The maximum absolute atomic E-state index is 8.98. The van der Waals surface area contributed by atoms with Crippen LogP contribution in [-0.4, -0.2) is 21.7 Å². The van der Waals surface area contributed by atoms with Crippen LogP contribution in [0.1, 0.15) is 0 Å². The normalized spacial score (nSPS) is 9.67. The summed E-state index contributed by atoms with van der Waals surface area (Å²) in [5.74, 6) is 0. The van der Waals surface area contributed by atoms with Crippen LogP contribution in [0.2, 0.25) is 6.82 Å². The highest BCUT2D eigenvalue weighted by atomic mass is 16.2. The Morgan fingerprint density at radius 3 is 2.67 bits per heavy atom. The molecule has 3 nitrogen and oxygen atoms in total. The largest absolute Gasteiger partial charge is 0.446 e. The van der Waals surface area contributed by atoms with Crippen molar-refractivity contribution in [3.63, 3.8) is 0 Å². The lowest BCUT2D eigenvalue weighted by atomic mass is 9.66. The van der Waals surface area contributed by atoms with Crippen LogP contribution in [0.25, 0.3) is 0 Å². The lowest BCUT2D eigenvalue weighted by Gasteiger charge is -1.89. The van der Waals surface area contributed by atoms with Crippen LogP contribution in [0, 0.1) is 0 Å². The molecule has 1 rings (SSSR count). The Kier molecular flexibility index (Phi) is 1.57. The van der Waals surface area contributed by atoms with E-state index < -0.39 is 6.92 Å². The average Bonchev–Trinajstić information content (AvgIpc) is 2.14. The number of rotatable bonds is 1. The summed E-state index contributed by atoms with van der Waals surface area (Å²) in [5, 5.41) is 12.9. The van der Waals surface area contributed by atoms with Gasteiger partial charge in [-0.1, -0.05) is 6.82 Å². The van der Waals surface area contributed by atoms with Gasteiger partial charge in [-0.3, -0.25) is 4.68 Å². The molecule has 48 valence electrons. The summed E-state index contributed by atoms with van der Waals surface area (Å²) >= 11 is 0. The molecule has 1 heterocycles. The third kappa shape index (κ3) is 1.32. The SMILES string of the molecule is CB(O)c1cnn(C)c1. The Bertz CT molecular complexity index is 197. The molecule has 0 aliphatic heterocycles. The smallest absolute Gasteiger partial charge is 0.323 e. The molecule has 0 radical (unpaired) electrons. The first-order valence-corrected chi connectivity index (χ1v) is 2.87. The van der Waals surface area contributed by atoms with Crippen molar-refractivity contribution in [1.29, 1.82) is 0 Å². The molecule has 0 aliphatic rings. The fourth-order valence-corrected chi connectivity index (χ4v) is 0.656. The second-order valence-corrected chi connectivity index (χ2v) is 2.12. The van der Waals surface area contributed by atoms with Crippen molar-refractivity contribution in [3.8, 4) is 0 Å². The van der Waals surface area contributed by atoms with Crippen molar-refractivity contribution in [1.82, 2.24) is 9.78 Å². The van der Waals surface area contributed by atoms with E-state index in [0.29, 0.717) is 0 Å². The molecular formula is C5H9BN2O. The molecule has 4 heteroatoms. The Morgan fingerprint density at radius 2 is 2.44 bits per heavy atom. The summed E-state index contributed by atoms with van der Waals surface area (Å²) in [4.78, 5) is 0. The molecule has 9 heavy (non-hydrogen) atoms. The fraction of sp³-hybridized carbons (Fsp3) is 0.400. The van der Waals surface area contributed by atoms with Crippen molar-refractivity contribution >= 4 is 12.4 Å². The van der Waals surface area contributed by atoms with E-state index in [2.05, 4.69) is 5.10 Å². The summed E-state index contributed by atoms with van der Waals surface area (Å²) < 4.78 is 1.67. The minimum atomic E-state index is -0.404. The third-order valence-corrected chi connectivity index (χ3v) is 1.21. The van der Waals surface area contributed by atoms with E-state index >= 15 is 0 Å². The van der Waals surface area contributed by atoms with E-state index in [-0.39, 0.29) is 0 Å². The van der Waals surface area contributed by atoms with Gasteiger partial charge in [0.25, 0.3) is 0 Å². The van der Waals surface area contributed by atoms with Gasteiger partial charge < -0.3 is 5.02 Å². The first-order chi connectivity index (χ1) is 4.20. The van der Waals surface area contributed by atoms with Crippen LogP contribution >= 0.6 is 0 Å². The van der Waals surface area contributed by atoms with Gasteiger partial charge in [0.1, 0.15) is 0 Å². The molecule has 0 spiro atoms. The zero-order valence-corrected chi connectivity index (χ0v) is 5.57. The van der Waals surface area contributed by atoms with E-state index in [1.54, 1.807) is 23.9 Å². The number of hydrogen-bond donors (Lipinski definition) is 1. The van der Waals surface area contributed by atoms with Gasteiger partial charge in [-0.25, -0.2) is 0 Å². The molecule has 0 bridgehead atoms. The lowest BCUT2D eigenvalue weighted by molar-refractivity contribution is 0.594. The van der Waals surface area contributed by atoms with E-state index in [4.69, 9.17) is 5.02 Å². The topological polar surface area (TPSA) is 38.1 Å². The van der Waals surface area contributed by atoms with Crippen molar-refractivity contribution in [2.45, 2.75) is 6.82 Å². The van der Waals surface area contributed by atoms with Gasteiger partial charge in [-0.15, -0.1) is 0 Å². The number of hydrogen-bond acceptors (Lipinski definition) is 2. The standard InChI is InChI=1S/C5H9BN2O/c1-6(9)5-3-7-8(2)4-5/h3-4,9H,1-2H3. The highest BCUT2D eigenvalue weighted by molar-refractivity contribution is 6.64. The van der Waals surface area contributed by atoms with Gasteiger partial charge in [0.05, 0.1) is 0 Å². The minimum Gasteiger partial charge on any atom is -0.446 e. The molecule has 0 saturated heterocycles. The number of aromatic nitrogens is 2. The highest BCUT2D eigenvalue weighted by Gasteiger charge is 2.06. The molecular weight excluding hydrogens is 115 g/mol. The molecule has 1 aromatic heterocycles. The Hall–Kier alpha value is -0.765. The molecule has 0 unspecified atom stereocenters. The van der Waals surface area contributed by atoms with Crippen LogP contribution in [-0.2, 0) is 7.05 Å². The van der Waals surface area contributed by atoms with Gasteiger partial charge in [0.2, 0.25) is 0 Å². The Morgan fingerprint density at radius 1 is 1.78 bits per heavy atom. The summed E-state index contributed by atoms with van der Waals surface area (Å²) in [5.41, 5.74) is 0.859. The van der Waals surface area contributed by atoms with Crippen LogP contribution < -0.4 is 5.46 Å². The molecule has 0 atom stereocenters. The van der Waals surface area contributed by atoms with Crippen LogP contribution in [0.4, 0.5) is 0 Å². The zero-order valence-electron chi connectivity index (χ0n) is 5.57. The van der Waals surface area contributed by atoms with Crippen LogP contribution in [0.5, 0.6) is 0 Å². The molecule has 1 N–H and O–H groups in total. The lowest BCUT2D eigenvalue weighted by Crippen LogP contribution is -2.24. The predicted molar refractivity (Wildman–Crippen MR) is 36.7 cm³/mol. The molecule has 0 fully saturated rings. The quantitative estimate of drug-likeness (QED) is 0.499. The summed E-state index contributed by atoms with van der Waals surface area (Å²) in [7, 11) is 1.83. The van der Waals surface area contributed by atoms with Crippen molar-refractivity contribution in [2.24, 2.45) is 7.05 Å². The predicted octanol–water partition coefficient (Wildman–Crippen LogP) is -0.759. The summed E-state index contributed by atoms with van der Waals surface area (Å²) in [6.07, 6.45) is 3.45.